The number of carbonyl (C=O) groups excluding carboxylic acids is 1. The fraction of sp³-hybridized carbons (Fsp3) is 0.533. The third kappa shape index (κ3) is 4.25. The molecule has 4 heteroatoms. The van der Waals surface area contributed by atoms with Crippen LogP contribution in [0.1, 0.15) is 30.7 Å². The molecule has 0 radical (unpaired) electrons. The van der Waals surface area contributed by atoms with Gasteiger partial charge in [0, 0.05) is 12.1 Å². The number of nitrogens with one attached hydrogen (secondary N) is 1. The van der Waals surface area contributed by atoms with Crippen molar-refractivity contribution in [2.24, 2.45) is 0 Å². The van der Waals surface area contributed by atoms with E-state index in [0.717, 1.165) is 18.8 Å². The van der Waals surface area contributed by atoms with Gasteiger partial charge in [-0.15, -0.1) is 0 Å². The number of amides is 1. The van der Waals surface area contributed by atoms with E-state index in [2.05, 4.69) is 42.0 Å². The van der Waals surface area contributed by atoms with Crippen LogP contribution < -0.4 is 5.32 Å². The summed E-state index contributed by atoms with van der Waals surface area (Å²) >= 11 is 4.07. The van der Waals surface area contributed by atoms with Crippen molar-refractivity contribution in [3.63, 3.8) is 0 Å². The van der Waals surface area contributed by atoms with Crippen LogP contribution in [0.2, 0.25) is 0 Å². The zero-order valence-electron chi connectivity index (χ0n) is 11.4. The van der Waals surface area contributed by atoms with Crippen molar-refractivity contribution < 1.29 is 4.79 Å². The Bertz CT molecular complexity index is 428. The number of hydrogen-bond donors (Lipinski definition) is 2. The van der Waals surface area contributed by atoms with Gasteiger partial charge in [0.1, 0.15) is 0 Å². The first kappa shape index (κ1) is 14.4. The summed E-state index contributed by atoms with van der Waals surface area (Å²) < 4.78 is 0. The van der Waals surface area contributed by atoms with E-state index in [1.165, 1.54) is 18.4 Å². The Kier molecular flexibility index (Phi) is 5.28. The summed E-state index contributed by atoms with van der Waals surface area (Å²) in [4.78, 5) is 13.9. The van der Waals surface area contributed by atoms with Crippen molar-refractivity contribution >= 4 is 24.2 Å². The van der Waals surface area contributed by atoms with E-state index in [1.54, 1.807) is 0 Å². The van der Waals surface area contributed by atoms with E-state index < -0.39 is 0 Å². The molecule has 0 saturated carbocycles. The second-order valence-corrected chi connectivity index (χ2v) is 5.67. The van der Waals surface area contributed by atoms with Crippen LogP contribution in [0.15, 0.2) is 24.3 Å². The maximum Gasteiger partial charge on any atom is 0.225 e. The Balaban J connectivity index is 2.00. The Morgan fingerprint density at radius 2 is 2.16 bits per heavy atom. The molecular weight excluding hydrogens is 256 g/mol. The molecule has 1 aromatic carbocycles. The molecule has 1 amide bonds. The zero-order chi connectivity index (χ0) is 13.7. The van der Waals surface area contributed by atoms with E-state index in [4.69, 9.17) is 0 Å². The molecule has 3 nitrogen and oxygen atoms in total. The Morgan fingerprint density at radius 1 is 1.42 bits per heavy atom. The molecule has 19 heavy (non-hydrogen) atoms. The monoisotopic (exact) mass is 278 g/mol. The standard InChI is InChI=1S/C15H22N2OS/c1-17-8-5-12(6-9-17)13-3-2-4-14(11-13)16-15(18)7-10-19/h2-4,11-12,19H,5-10H2,1H3,(H,16,18). The predicted octanol–water partition coefficient (Wildman–Crippen LogP) is 2.75. The van der Waals surface area contributed by atoms with Gasteiger partial charge in [-0.2, -0.15) is 12.6 Å². The summed E-state index contributed by atoms with van der Waals surface area (Å²) in [6, 6.07) is 8.27. The minimum absolute atomic E-state index is 0.0375. The van der Waals surface area contributed by atoms with E-state index in [1.807, 2.05) is 12.1 Å². The van der Waals surface area contributed by atoms with Crippen molar-refractivity contribution in [2.45, 2.75) is 25.2 Å². The number of likely N-dealkylation sites (tertiary alicyclic amines) is 1. The largest absolute Gasteiger partial charge is 0.326 e. The highest BCUT2D eigenvalue weighted by molar-refractivity contribution is 7.80. The molecule has 104 valence electrons. The highest BCUT2D eigenvalue weighted by Crippen LogP contribution is 2.28. The first-order valence-corrected chi connectivity index (χ1v) is 7.51. The smallest absolute Gasteiger partial charge is 0.225 e. The summed E-state index contributed by atoms with van der Waals surface area (Å²) in [7, 11) is 2.17. The number of hydrogen-bond acceptors (Lipinski definition) is 3. The van der Waals surface area contributed by atoms with Crippen molar-refractivity contribution in [2.75, 3.05) is 31.2 Å². The number of thiol groups is 1. The van der Waals surface area contributed by atoms with Crippen molar-refractivity contribution in [3.8, 4) is 0 Å². The van der Waals surface area contributed by atoms with Crippen LogP contribution in [0, 0.1) is 0 Å². The molecule has 1 N–H and O–H groups in total. The van der Waals surface area contributed by atoms with Crippen LogP contribution in [-0.2, 0) is 4.79 Å². The lowest BCUT2D eigenvalue weighted by molar-refractivity contribution is -0.115. The molecule has 1 aliphatic heterocycles. The molecule has 1 aromatic rings. The third-order valence-electron chi connectivity index (χ3n) is 3.70. The van der Waals surface area contributed by atoms with Crippen LogP contribution >= 0.6 is 12.6 Å². The second-order valence-electron chi connectivity index (χ2n) is 5.22. The van der Waals surface area contributed by atoms with Crippen molar-refractivity contribution in [3.05, 3.63) is 29.8 Å². The van der Waals surface area contributed by atoms with Gasteiger partial charge in [-0.25, -0.2) is 0 Å². The third-order valence-corrected chi connectivity index (χ3v) is 3.92. The molecule has 0 bridgehead atoms. The summed E-state index contributed by atoms with van der Waals surface area (Å²) in [5.74, 6) is 1.24. The summed E-state index contributed by atoms with van der Waals surface area (Å²) in [5, 5.41) is 2.93. The molecule has 1 fully saturated rings. The summed E-state index contributed by atoms with van der Waals surface area (Å²) in [6.45, 7) is 2.31. The van der Waals surface area contributed by atoms with Crippen LogP contribution in [0.5, 0.6) is 0 Å². The van der Waals surface area contributed by atoms with Gasteiger partial charge in [-0.3, -0.25) is 4.79 Å². The van der Waals surface area contributed by atoms with Crippen molar-refractivity contribution in [1.82, 2.24) is 4.90 Å². The van der Waals surface area contributed by atoms with Crippen molar-refractivity contribution in [1.29, 1.82) is 0 Å². The van der Waals surface area contributed by atoms with Gasteiger partial charge in [0.25, 0.3) is 0 Å². The fourth-order valence-corrected chi connectivity index (χ4v) is 2.74. The van der Waals surface area contributed by atoms with Crippen LogP contribution in [-0.4, -0.2) is 36.7 Å². The average Bonchev–Trinajstić information content (AvgIpc) is 2.40. The number of anilines is 1. The Hall–Kier alpha value is -1.00. The van der Waals surface area contributed by atoms with Gasteiger partial charge in [0.2, 0.25) is 5.91 Å². The van der Waals surface area contributed by atoms with Crippen LogP contribution in [0.4, 0.5) is 5.69 Å². The van der Waals surface area contributed by atoms with Gasteiger partial charge >= 0.3 is 0 Å². The number of piperidine rings is 1. The van der Waals surface area contributed by atoms with Gasteiger partial charge in [-0.05, 0) is 62.3 Å². The molecule has 0 aromatic heterocycles. The molecule has 1 aliphatic rings. The van der Waals surface area contributed by atoms with E-state index in [0.29, 0.717) is 18.1 Å². The highest BCUT2D eigenvalue weighted by atomic mass is 32.1. The molecule has 0 unspecified atom stereocenters. The summed E-state index contributed by atoms with van der Waals surface area (Å²) in [6.07, 6.45) is 2.86. The Morgan fingerprint density at radius 3 is 2.84 bits per heavy atom. The lowest BCUT2D eigenvalue weighted by atomic mass is 9.89. The van der Waals surface area contributed by atoms with Gasteiger partial charge in [-0.1, -0.05) is 12.1 Å². The van der Waals surface area contributed by atoms with Gasteiger partial charge in [0.15, 0.2) is 0 Å². The van der Waals surface area contributed by atoms with Crippen LogP contribution in [0.25, 0.3) is 0 Å². The molecular formula is C15H22N2OS. The van der Waals surface area contributed by atoms with Crippen LogP contribution in [0.3, 0.4) is 0 Å². The molecule has 0 aliphatic carbocycles. The average molecular weight is 278 g/mol. The maximum atomic E-state index is 11.6. The minimum Gasteiger partial charge on any atom is -0.326 e. The Labute approximate surface area is 120 Å². The van der Waals surface area contributed by atoms with E-state index in [9.17, 15) is 4.79 Å². The SMILES string of the molecule is CN1CCC(c2cccc(NC(=O)CCS)c2)CC1. The predicted molar refractivity (Wildman–Crippen MR) is 83.0 cm³/mol. The van der Waals surface area contributed by atoms with Gasteiger partial charge < -0.3 is 10.2 Å². The van der Waals surface area contributed by atoms with E-state index in [-0.39, 0.29) is 5.91 Å². The normalized spacial score (nSPS) is 17.4. The first-order chi connectivity index (χ1) is 9.19. The lowest BCUT2D eigenvalue weighted by Gasteiger charge is -2.29. The molecule has 2 rings (SSSR count). The first-order valence-electron chi connectivity index (χ1n) is 6.88. The number of nitrogens with zero attached hydrogens (tertiary/aromatic N) is 1. The number of carbonyl (C=O) groups is 1. The fourth-order valence-electron chi connectivity index (χ4n) is 2.54. The molecule has 0 spiro atoms. The minimum atomic E-state index is 0.0375. The second kappa shape index (κ2) is 6.96. The molecule has 0 atom stereocenters. The number of rotatable bonds is 4. The van der Waals surface area contributed by atoms with Gasteiger partial charge in [0.05, 0.1) is 0 Å². The lowest BCUT2D eigenvalue weighted by Crippen LogP contribution is -2.29. The zero-order valence-corrected chi connectivity index (χ0v) is 12.3. The highest BCUT2D eigenvalue weighted by Gasteiger charge is 2.18. The van der Waals surface area contributed by atoms with E-state index >= 15 is 0 Å². The molecule has 1 saturated heterocycles. The maximum absolute atomic E-state index is 11.6. The number of benzene rings is 1. The summed E-state index contributed by atoms with van der Waals surface area (Å²) in [5.41, 5.74) is 2.25. The topological polar surface area (TPSA) is 32.3 Å². The quantitative estimate of drug-likeness (QED) is 0.830. The molecule has 1 heterocycles.